The molecular weight excluding hydrogens is 468 g/mol. The van der Waals surface area contributed by atoms with Crippen molar-refractivity contribution in [3.05, 3.63) is 82.5 Å². The number of carbonyl (C=O) groups is 1. The summed E-state index contributed by atoms with van der Waals surface area (Å²) in [6.45, 7) is 13.0. The second-order valence-electron chi connectivity index (χ2n) is 10.6. The smallest absolute Gasteiger partial charge is 0.257 e. The number of aromatic nitrogens is 2. The average molecular weight is 509 g/mol. The third-order valence-corrected chi connectivity index (χ3v) is 7.63. The van der Waals surface area contributed by atoms with Gasteiger partial charge in [-0.25, -0.2) is 4.68 Å². The van der Waals surface area contributed by atoms with E-state index in [2.05, 4.69) is 105 Å². The van der Waals surface area contributed by atoms with Crippen molar-refractivity contribution in [3.8, 4) is 0 Å². The maximum Gasteiger partial charge on any atom is 0.257 e. The average Bonchev–Trinajstić information content (AvgIpc) is 3.23. The predicted octanol–water partition coefficient (Wildman–Crippen LogP) is 7.30. The molecule has 0 bridgehead atoms. The van der Waals surface area contributed by atoms with Crippen molar-refractivity contribution in [1.82, 2.24) is 15.1 Å². The van der Waals surface area contributed by atoms with Gasteiger partial charge in [0.1, 0.15) is 11.4 Å². The minimum Gasteiger partial charge on any atom is -0.363 e. The summed E-state index contributed by atoms with van der Waals surface area (Å²) < 4.78 is 2.05. The van der Waals surface area contributed by atoms with Gasteiger partial charge in [0.2, 0.25) is 0 Å². The van der Waals surface area contributed by atoms with Crippen LogP contribution in [-0.2, 0) is 17.5 Å². The maximum atomic E-state index is 14.1. The van der Waals surface area contributed by atoms with Crippen LogP contribution in [-0.4, -0.2) is 15.7 Å². The summed E-state index contributed by atoms with van der Waals surface area (Å²) in [5.74, 6) is 0.789. The van der Waals surface area contributed by atoms with Crippen LogP contribution in [0.15, 0.2) is 54.6 Å². The van der Waals surface area contributed by atoms with Crippen molar-refractivity contribution in [2.45, 2.75) is 90.8 Å². The topological polar surface area (TPSA) is 59.0 Å². The van der Waals surface area contributed by atoms with Gasteiger partial charge in [-0.15, -0.1) is 12.4 Å². The number of hydrogen-bond donors (Lipinski definition) is 2. The lowest BCUT2D eigenvalue weighted by atomic mass is 9.84. The second kappa shape index (κ2) is 11.1. The molecule has 2 N–H and O–H groups in total. The van der Waals surface area contributed by atoms with E-state index in [1.807, 2.05) is 6.07 Å². The van der Waals surface area contributed by atoms with Gasteiger partial charge in [-0.3, -0.25) is 4.79 Å². The molecule has 194 valence electrons. The van der Waals surface area contributed by atoms with Crippen LogP contribution >= 0.6 is 12.4 Å². The quantitative estimate of drug-likeness (QED) is 0.335. The number of nitrogens with zero attached hydrogens (tertiary/aromatic N) is 2. The fourth-order valence-corrected chi connectivity index (χ4v) is 5.43. The normalized spacial score (nSPS) is 16.4. The number of benzene rings is 2. The molecule has 3 aromatic rings. The van der Waals surface area contributed by atoms with Crippen LogP contribution in [0.4, 0.5) is 5.82 Å². The van der Waals surface area contributed by atoms with Gasteiger partial charge >= 0.3 is 0 Å². The van der Waals surface area contributed by atoms with Gasteiger partial charge in [-0.1, -0.05) is 87.4 Å². The Kier molecular flexibility index (Phi) is 8.55. The third-order valence-electron chi connectivity index (χ3n) is 7.63. The maximum absolute atomic E-state index is 14.1. The SMILES string of the molecule is CCCc1nn2c(c1C(=O)NC(CC)(CC)c1ccc(C)cc1)NC(c1ccccc1)CC2(C)C.Cl. The van der Waals surface area contributed by atoms with Crippen LogP contribution in [0.3, 0.4) is 0 Å². The molecule has 2 heterocycles. The van der Waals surface area contributed by atoms with Crippen LogP contribution in [0.1, 0.15) is 99.1 Å². The van der Waals surface area contributed by atoms with E-state index in [1.165, 1.54) is 11.1 Å². The minimum absolute atomic E-state index is 0. The molecule has 1 unspecified atom stereocenters. The fourth-order valence-electron chi connectivity index (χ4n) is 5.43. The Balaban J connectivity index is 0.00000361. The van der Waals surface area contributed by atoms with Crippen LogP contribution in [0.25, 0.3) is 0 Å². The largest absolute Gasteiger partial charge is 0.363 e. The van der Waals surface area contributed by atoms with E-state index >= 15 is 0 Å². The molecule has 5 nitrogen and oxygen atoms in total. The van der Waals surface area contributed by atoms with Crippen molar-refractivity contribution in [1.29, 1.82) is 0 Å². The molecule has 1 amide bonds. The summed E-state index contributed by atoms with van der Waals surface area (Å²) in [6, 6.07) is 19.2. The number of rotatable bonds is 8. The highest BCUT2D eigenvalue weighted by Crippen LogP contribution is 2.41. The molecule has 0 fully saturated rings. The van der Waals surface area contributed by atoms with Crippen LogP contribution < -0.4 is 10.6 Å². The summed E-state index contributed by atoms with van der Waals surface area (Å²) in [5, 5.41) is 12.2. The van der Waals surface area contributed by atoms with E-state index in [9.17, 15) is 4.79 Å². The number of amides is 1. The van der Waals surface area contributed by atoms with E-state index in [0.717, 1.165) is 49.2 Å². The molecule has 0 aliphatic carbocycles. The van der Waals surface area contributed by atoms with Gasteiger partial charge in [0, 0.05) is 0 Å². The number of halogens is 1. The van der Waals surface area contributed by atoms with Gasteiger partial charge in [-0.05, 0) is 57.6 Å². The van der Waals surface area contributed by atoms with Crippen molar-refractivity contribution in [3.63, 3.8) is 0 Å². The highest BCUT2D eigenvalue weighted by molar-refractivity contribution is 6.01. The zero-order valence-corrected chi connectivity index (χ0v) is 23.3. The fraction of sp³-hybridized carbons (Fsp3) is 0.467. The van der Waals surface area contributed by atoms with Crippen LogP contribution in [0.5, 0.6) is 0 Å². The Morgan fingerprint density at radius 2 is 1.72 bits per heavy atom. The lowest BCUT2D eigenvalue weighted by Gasteiger charge is -2.38. The first-order valence-electron chi connectivity index (χ1n) is 13.1. The molecule has 6 heteroatoms. The first-order valence-corrected chi connectivity index (χ1v) is 13.1. The lowest BCUT2D eigenvalue weighted by molar-refractivity contribution is 0.0889. The molecule has 1 aliphatic heterocycles. The Labute approximate surface area is 222 Å². The predicted molar refractivity (Wildman–Crippen MR) is 151 cm³/mol. The number of aryl methyl sites for hydroxylation is 2. The van der Waals surface area contributed by atoms with Gasteiger partial charge < -0.3 is 10.6 Å². The zero-order chi connectivity index (χ0) is 25.2. The van der Waals surface area contributed by atoms with E-state index in [-0.39, 0.29) is 29.9 Å². The first-order chi connectivity index (χ1) is 16.7. The summed E-state index contributed by atoms with van der Waals surface area (Å²) >= 11 is 0. The number of nitrogens with one attached hydrogen (secondary N) is 2. The van der Waals surface area contributed by atoms with Crippen LogP contribution in [0, 0.1) is 6.92 Å². The molecule has 1 aromatic heterocycles. The Morgan fingerprint density at radius 1 is 1.08 bits per heavy atom. The summed E-state index contributed by atoms with van der Waals surface area (Å²) in [4.78, 5) is 14.1. The van der Waals surface area contributed by atoms with Gasteiger partial charge in [0.15, 0.2) is 0 Å². The molecule has 0 spiro atoms. The van der Waals surface area contributed by atoms with Crippen molar-refractivity contribution < 1.29 is 4.79 Å². The monoisotopic (exact) mass is 508 g/mol. The number of anilines is 1. The first kappa shape index (κ1) is 27.8. The molecule has 2 aromatic carbocycles. The van der Waals surface area contributed by atoms with Crippen molar-refractivity contribution >= 4 is 24.1 Å². The molecule has 4 rings (SSSR count). The highest BCUT2D eigenvalue weighted by Gasteiger charge is 2.40. The van der Waals surface area contributed by atoms with Crippen molar-refractivity contribution in [2.75, 3.05) is 5.32 Å². The Morgan fingerprint density at radius 3 is 2.31 bits per heavy atom. The number of hydrogen-bond acceptors (Lipinski definition) is 3. The minimum atomic E-state index is -0.424. The molecule has 0 saturated carbocycles. The molecule has 1 atom stereocenters. The summed E-state index contributed by atoms with van der Waals surface area (Å²) in [6.07, 6.45) is 4.23. The number of carbonyl (C=O) groups excluding carboxylic acids is 1. The van der Waals surface area contributed by atoms with E-state index in [4.69, 9.17) is 5.10 Å². The standard InChI is InChI=1S/C30H40N4O.ClH/c1-7-13-24-26(28(35)32-30(8-2,9-3)23-18-16-21(4)17-19-23)27-31-25(22-14-11-10-12-15-22)20-29(5,6)34(27)33-24;/h10-12,14-19,25,31H,7-9,13,20H2,1-6H3,(H,32,35);1H. The second-order valence-corrected chi connectivity index (χ2v) is 10.6. The van der Waals surface area contributed by atoms with E-state index in [0.29, 0.717) is 5.56 Å². The van der Waals surface area contributed by atoms with Crippen molar-refractivity contribution in [2.24, 2.45) is 0 Å². The Bertz CT molecular complexity index is 1160. The Hall–Kier alpha value is -2.79. The van der Waals surface area contributed by atoms with Crippen LogP contribution in [0.2, 0.25) is 0 Å². The molecule has 1 aliphatic rings. The van der Waals surface area contributed by atoms with Gasteiger partial charge in [0.05, 0.1) is 22.8 Å². The number of fused-ring (bicyclic) bond motifs is 1. The third kappa shape index (κ3) is 5.17. The molecular formula is C30H41ClN4O. The molecule has 36 heavy (non-hydrogen) atoms. The molecule has 0 saturated heterocycles. The van der Waals surface area contributed by atoms with Gasteiger partial charge in [-0.2, -0.15) is 5.10 Å². The zero-order valence-electron chi connectivity index (χ0n) is 22.5. The lowest BCUT2D eigenvalue weighted by Crippen LogP contribution is -2.45. The van der Waals surface area contributed by atoms with E-state index in [1.54, 1.807) is 0 Å². The van der Waals surface area contributed by atoms with E-state index < -0.39 is 5.54 Å². The summed E-state index contributed by atoms with van der Waals surface area (Å²) in [5.41, 5.74) is 4.52. The highest BCUT2D eigenvalue weighted by atomic mass is 35.5. The van der Waals surface area contributed by atoms with Gasteiger partial charge in [0.25, 0.3) is 5.91 Å². The summed E-state index contributed by atoms with van der Waals surface area (Å²) in [7, 11) is 0. The molecule has 0 radical (unpaired) electrons.